The number of benzene rings is 1. The second-order valence-corrected chi connectivity index (χ2v) is 4.56. The molecule has 1 aliphatic heterocycles. The van der Waals surface area contributed by atoms with Crippen molar-refractivity contribution in [2.24, 2.45) is 5.92 Å². The van der Waals surface area contributed by atoms with E-state index in [0.717, 1.165) is 19.0 Å². The molecule has 1 fully saturated rings. The molecule has 2 rings (SSSR count). The van der Waals surface area contributed by atoms with Crippen LogP contribution in [0.3, 0.4) is 0 Å². The molecule has 1 aliphatic rings. The zero-order valence-corrected chi connectivity index (χ0v) is 11.5. The quantitative estimate of drug-likeness (QED) is 0.900. The Morgan fingerprint density at radius 1 is 1.35 bits per heavy atom. The molecule has 1 atom stereocenters. The van der Waals surface area contributed by atoms with E-state index >= 15 is 0 Å². The van der Waals surface area contributed by atoms with E-state index in [9.17, 15) is 18.0 Å². The Morgan fingerprint density at radius 3 is 2.65 bits per heavy atom. The number of hydrogen-bond donors (Lipinski definition) is 2. The van der Waals surface area contributed by atoms with Gasteiger partial charge in [-0.2, -0.15) is 13.2 Å². The van der Waals surface area contributed by atoms with Crippen molar-refractivity contribution in [3.63, 3.8) is 0 Å². The van der Waals surface area contributed by atoms with Crippen molar-refractivity contribution in [1.82, 2.24) is 10.6 Å². The zero-order chi connectivity index (χ0) is 13.9. The predicted molar refractivity (Wildman–Crippen MR) is 71.5 cm³/mol. The Kier molecular flexibility index (Phi) is 5.83. The number of carbonyl (C=O) groups excluding carboxylic acids is 1. The molecule has 2 N–H and O–H groups in total. The molecule has 0 radical (unpaired) electrons. The largest absolute Gasteiger partial charge is 0.416 e. The van der Waals surface area contributed by atoms with Crippen molar-refractivity contribution in [1.29, 1.82) is 0 Å². The van der Waals surface area contributed by atoms with Crippen LogP contribution < -0.4 is 10.6 Å². The van der Waals surface area contributed by atoms with Gasteiger partial charge >= 0.3 is 6.18 Å². The van der Waals surface area contributed by atoms with E-state index in [1.807, 2.05) is 0 Å². The molecule has 0 saturated carbocycles. The number of amides is 1. The van der Waals surface area contributed by atoms with Crippen LogP contribution in [0.5, 0.6) is 0 Å². The molecule has 0 bridgehead atoms. The number of nitrogens with one attached hydrogen (secondary N) is 2. The molecule has 7 heteroatoms. The van der Waals surface area contributed by atoms with Crippen molar-refractivity contribution in [3.8, 4) is 0 Å². The Morgan fingerprint density at radius 2 is 2.05 bits per heavy atom. The first-order valence-electron chi connectivity index (χ1n) is 6.12. The maximum Gasteiger partial charge on any atom is 0.416 e. The van der Waals surface area contributed by atoms with E-state index in [0.29, 0.717) is 6.54 Å². The first-order chi connectivity index (χ1) is 8.98. The van der Waals surface area contributed by atoms with Gasteiger partial charge in [-0.1, -0.05) is 18.2 Å². The van der Waals surface area contributed by atoms with Gasteiger partial charge in [-0.3, -0.25) is 4.79 Å². The zero-order valence-electron chi connectivity index (χ0n) is 10.7. The summed E-state index contributed by atoms with van der Waals surface area (Å²) in [6, 6.07) is 5.29. The fourth-order valence-corrected chi connectivity index (χ4v) is 2.16. The summed E-state index contributed by atoms with van der Waals surface area (Å²) in [5.74, 6) is -0.333. The molecule has 1 amide bonds. The van der Waals surface area contributed by atoms with Crippen LogP contribution in [0.15, 0.2) is 24.3 Å². The minimum atomic E-state index is -4.39. The highest BCUT2D eigenvalue weighted by atomic mass is 35.5. The monoisotopic (exact) mass is 308 g/mol. The summed E-state index contributed by atoms with van der Waals surface area (Å²) in [5.41, 5.74) is -0.603. The fourth-order valence-electron chi connectivity index (χ4n) is 2.16. The minimum Gasteiger partial charge on any atom is -0.352 e. The lowest BCUT2D eigenvalue weighted by Crippen LogP contribution is -2.32. The summed E-state index contributed by atoms with van der Waals surface area (Å²) >= 11 is 0. The van der Waals surface area contributed by atoms with Crippen molar-refractivity contribution in [3.05, 3.63) is 35.4 Å². The number of rotatable bonds is 3. The van der Waals surface area contributed by atoms with Crippen LogP contribution in [0.4, 0.5) is 13.2 Å². The standard InChI is InChI=1S/C13H15F3N2O.ClH/c14-13(15,16)11-4-2-1-3-9(11)8-18-12(19)10-5-6-17-7-10;/h1-4,10,17H,5-8H2,(H,18,19);1H. The van der Waals surface area contributed by atoms with E-state index in [-0.39, 0.29) is 36.3 Å². The molecule has 1 unspecified atom stereocenters. The average molecular weight is 309 g/mol. The summed E-state index contributed by atoms with van der Waals surface area (Å²) in [4.78, 5) is 11.7. The lowest BCUT2D eigenvalue weighted by molar-refractivity contribution is -0.138. The summed E-state index contributed by atoms with van der Waals surface area (Å²) in [7, 11) is 0. The fraction of sp³-hybridized carbons (Fsp3) is 0.462. The molecule has 112 valence electrons. The van der Waals surface area contributed by atoms with Crippen molar-refractivity contribution in [2.75, 3.05) is 13.1 Å². The number of halogens is 4. The second kappa shape index (κ2) is 6.95. The third kappa shape index (κ3) is 4.11. The van der Waals surface area contributed by atoms with E-state index in [2.05, 4.69) is 10.6 Å². The smallest absolute Gasteiger partial charge is 0.352 e. The van der Waals surface area contributed by atoms with Gasteiger partial charge in [0.2, 0.25) is 5.91 Å². The lowest BCUT2D eigenvalue weighted by atomic mass is 10.1. The van der Waals surface area contributed by atoms with Gasteiger partial charge in [0.15, 0.2) is 0 Å². The van der Waals surface area contributed by atoms with Gasteiger partial charge in [-0.25, -0.2) is 0 Å². The molecule has 1 aromatic rings. The first kappa shape index (κ1) is 16.8. The van der Waals surface area contributed by atoms with Gasteiger partial charge in [-0.05, 0) is 24.6 Å². The average Bonchev–Trinajstić information content (AvgIpc) is 2.89. The number of alkyl halides is 3. The van der Waals surface area contributed by atoms with Crippen LogP contribution in [0.2, 0.25) is 0 Å². The van der Waals surface area contributed by atoms with E-state index < -0.39 is 11.7 Å². The maximum absolute atomic E-state index is 12.8. The topological polar surface area (TPSA) is 41.1 Å². The molecule has 0 aliphatic carbocycles. The lowest BCUT2D eigenvalue weighted by Gasteiger charge is -2.14. The number of carbonyl (C=O) groups is 1. The molecule has 3 nitrogen and oxygen atoms in total. The highest BCUT2D eigenvalue weighted by molar-refractivity contribution is 5.85. The van der Waals surface area contributed by atoms with Gasteiger partial charge < -0.3 is 10.6 Å². The SMILES string of the molecule is Cl.O=C(NCc1ccccc1C(F)(F)F)C1CCNC1. The van der Waals surface area contributed by atoms with Crippen LogP contribution in [-0.4, -0.2) is 19.0 Å². The Labute approximate surface area is 121 Å². The molecule has 0 aromatic heterocycles. The molecule has 1 aromatic carbocycles. The van der Waals surface area contributed by atoms with E-state index in [1.54, 1.807) is 0 Å². The van der Waals surface area contributed by atoms with Crippen molar-refractivity contribution in [2.45, 2.75) is 19.1 Å². The van der Waals surface area contributed by atoms with Crippen LogP contribution in [0, 0.1) is 5.92 Å². The normalized spacial score (nSPS) is 18.4. The Balaban J connectivity index is 0.00000200. The molecule has 20 heavy (non-hydrogen) atoms. The van der Waals surface area contributed by atoms with Crippen LogP contribution in [0.1, 0.15) is 17.5 Å². The van der Waals surface area contributed by atoms with E-state index in [4.69, 9.17) is 0 Å². The highest BCUT2D eigenvalue weighted by Crippen LogP contribution is 2.31. The third-order valence-electron chi connectivity index (χ3n) is 3.21. The minimum absolute atomic E-state index is 0. The van der Waals surface area contributed by atoms with Crippen molar-refractivity contribution < 1.29 is 18.0 Å². The first-order valence-corrected chi connectivity index (χ1v) is 6.12. The maximum atomic E-state index is 12.8. The molecule has 1 saturated heterocycles. The predicted octanol–water partition coefficient (Wildman–Crippen LogP) is 2.35. The third-order valence-corrected chi connectivity index (χ3v) is 3.21. The molecular formula is C13H16ClF3N2O. The van der Waals surface area contributed by atoms with Crippen LogP contribution in [0.25, 0.3) is 0 Å². The summed E-state index contributed by atoms with van der Waals surface area (Å²) in [5, 5.41) is 5.62. The summed E-state index contributed by atoms with van der Waals surface area (Å²) < 4.78 is 38.3. The van der Waals surface area contributed by atoms with Crippen molar-refractivity contribution >= 4 is 18.3 Å². The second-order valence-electron chi connectivity index (χ2n) is 4.56. The molecular weight excluding hydrogens is 293 g/mol. The van der Waals surface area contributed by atoms with Gasteiger partial charge in [0.25, 0.3) is 0 Å². The van der Waals surface area contributed by atoms with Gasteiger partial charge in [0, 0.05) is 13.1 Å². The number of hydrogen-bond acceptors (Lipinski definition) is 2. The molecule has 0 spiro atoms. The Bertz CT molecular complexity index is 459. The molecule has 1 heterocycles. The van der Waals surface area contributed by atoms with Crippen LogP contribution >= 0.6 is 12.4 Å². The van der Waals surface area contributed by atoms with Gasteiger partial charge in [0.05, 0.1) is 11.5 Å². The van der Waals surface area contributed by atoms with Gasteiger partial charge in [0.1, 0.15) is 0 Å². The van der Waals surface area contributed by atoms with E-state index in [1.165, 1.54) is 18.2 Å². The van der Waals surface area contributed by atoms with Gasteiger partial charge in [-0.15, -0.1) is 12.4 Å². The Hall–Kier alpha value is -1.27. The summed E-state index contributed by atoms with van der Waals surface area (Å²) in [6.45, 7) is 1.27. The highest BCUT2D eigenvalue weighted by Gasteiger charge is 2.33. The summed E-state index contributed by atoms with van der Waals surface area (Å²) in [6.07, 6.45) is -3.66. The van der Waals surface area contributed by atoms with Crippen LogP contribution in [-0.2, 0) is 17.5 Å².